The lowest BCUT2D eigenvalue weighted by Crippen LogP contribution is -2.48. The second-order valence-corrected chi connectivity index (χ2v) is 7.06. The molecule has 0 heterocycles. The molecular formula is C15H31NO. The zero-order valence-corrected chi connectivity index (χ0v) is 12.3. The van der Waals surface area contributed by atoms with E-state index in [9.17, 15) is 5.11 Å². The van der Waals surface area contributed by atoms with Gasteiger partial charge in [0.15, 0.2) is 0 Å². The molecule has 0 aromatic carbocycles. The van der Waals surface area contributed by atoms with Crippen LogP contribution in [0.2, 0.25) is 0 Å². The maximum absolute atomic E-state index is 9.96. The molecule has 2 heteroatoms. The maximum Gasteiger partial charge on any atom is 0.0741 e. The topological polar surface area (TPSA) is 32.3 Å². The fourth-order valence-electron chi connectivity index (χ4n) is 3.06. The van der Waals surface area contributed by atoms with Gasteiger partial charge in [-0.15, -0.1) is 0 Å². The van der Waals surface area contributed by atoms with E-state index in [1.165, 1.54) is 32.1 Å². The molecule has 102 valence electrons. The predicted molar refractivity (Wildman–Crippen MR) is 74.1 cm³/mol. The highest BCUT2D eigenvalue weighted by Crippen LogP contribution is 2.42. The third-order valence-corrected chi connectivity index (χ3v) is 4.35. The molecule has 1 saturated carbocycles. The summed E-state index contributed by atoms with van der Waals surface area (Å²) in [7, 11) is 0. The summed E-state index contributed by atoms with van der Waals surface area (Å²) in [6.45, 7) is 11.6. The van der Waals surface area contributed by atoms with E-state index < -0.39 is 5.60 Å². The average molecular weight is 241 g/mol. The van der Waals surface area contributed by atoms with E-state index in [2.05, 4.69) is 26.1 Å². The second kappa shape index (κ2) is 5.71. The van der Waals surface area contributed by atoms with E-state index >= 15 is 0 Å². The highest BCUT2D eigenvalue weighted by molar-refractivity contribution is 4.90. The fraction of sp³-hybridized carbons (Fsp3) is 1.00. The van der Waals surface area contributed by atoms with E-state index in [1.54, 1.807) is 0 Å². The van der Waals surface area contributed by atoms with Crippen LogP contribution < -0.4 is 5.32 Å². The Bertz CT molecular complexity index is 224. The lowest BCUT2D eigenvalue weighted by Gasteiger charge is -2.35. The van der Waals surface area contributed by atoms with Crippen LogP contribution in [0.1, 0.15) is 66.7 Å². The van der Waals surface area contributed by atoms with Crippen molar-refractivity contribution in [2.24, 2.45) is 11.3 Å². The summed E-state index contributed by atoms with van der Waals surface area (Å²) in [6, 6.07) is 0.159. The molecule has 2 N–H and O–H groups in total. The molecule has 0 aromatic rings. The van der Waals surface area contributed by atoms with Gasteiger partial charge in [-0.3, -0.25) is 0 Å². The summed E-state index contributed by atoms with van der Waals surface area (Å²) in [4.78, 5) is 0. The second-order valence-electron chi connectivity index (χ2n) is 7.06. The number of nitrogens with one attached hydrogen (secondary N) is 1. The summed E-state index contributed by atoms with van der Waals surface area (Å²) in [5.74, 6) is 0.771. The molecule has 1 atom stereocenters. The molecule has 17 heavy (non-hydrogen) atoms. The Kier molecular flexibility index (Phi) is 5.03. The Morgan fingerprint density at radius 1 is 1.18 bits per heavy atom. The minimum Gasteiger partial charge on any atom is -0.389 e. The van der Waals surface area contributed by atoms with Crippen molar-refractivity contribution >= 4 is 0 Å². The highest BCUT2D eigenvalue weighted by Gasteiger charge is 2.35. The first-order valence-electron chi connectivity index (χ1n) is 7.21. The predicted octanol–water partition coefficient (Wildman–Crippen LogP) is 3.34. The monoisotopic (exact) mass is 241 g/mol. The van der Waals surface area contributed by atoms with Gasteiger partial charge in [-0.1, -0.05) is 26.7 Å². The van der Waals surface area contributed by atoms with Crippen LogP contribution in [-0.4, -0.2) is 23.3 Å². The first-order chi connectivity index (χ1) is 7.75. The van der Waals surface area contributed by atoms with Gasteiger partial charge in [0.2, 0.25) is 0 Å². The van der Waals surface area contributed by atoms with Crippen molar-refractivity contribution in [3.63, 3.8) is 0 Å². The van der Waals surface area contributed by atoms with Crippen molar-refractivity contribution in [3.05, 3.63) is 0 Å². The van der Waals surface area contributed by atoms with Gasteiger partial charge >= 0.3 is 0 Å². The minimum atomic E-state index is -0.627. The van der Waals surface area contributed by atoms with Crippen LogP contribution in [0, 0.1) is 11.3 Å². The van der Waals surface area contributed by atoms with E-state index in [4.69, 9.17) is 0 Å². The van der Waals surface area contributed by atoms with Crippen LogP contribution in [0.15, 0.2) is 0 Å². The average Bonchev–Trinajstić information content (AvgIpc) is 2.60. The van der Waals surface area contributed by atoms with Gasteiger partial charge in [0.05, 0.1) is 5.60 Å². The van der Waals surface area contributed by atoms with Gasteiger partial charge in [-0.05, 0) is 51.4 Å². The molecule has 0 amide bonds. The van der Waals surface area contributed by atoms with Gasteiger partial charge in [0.1, 0.15) is 0 Å². The van der Waals surface area contributed by atoms with Gasteiger partial charge in [-0.25, -0.2) is 0 Å². The first kappa shape index (κ1) is 15.0. The SMILES string of the molecule is CC(C)CC1(CNC(C)C(C)(C)O)CCCC1. The fourth-order valence-corrected chi connectivity index (χ4v) is 3.06. The van der Waals surface area contributed by atoms with Gasteiger partial charge < -0.3 is 10.4 Å². The largest absolute Gasteiger partial charge is 0.389 e. The number of rotatable bonds is 6. The Morgan fingerprint density at radius 2 is 1.71 bits per heavy atom. The van der Waals surface area contributed by atoms with Crippen LogP contribution in [0.3, 0.4) is 0 Å². The molecule has 2 nitrogen and oxygen atoms in total. The first-order valence-corrected chi connectivity index (χ1v) is 7.21. The molecule has 0 spiro atoms. The molecule has 1 fully saturated rings. The Hall–Kier alpha value is -0.0800. The smallest absolute Gasteiger partial charge is 0.0741 e. The van der Waals surface area contributed by atoms with Crippen LogP contribution >= 0.6 is 0 Å². The Morgan fingerprint density at radius 3 is 2.12 bits per heavy atom. The number of hydrogen-bond acceptors (Lipinski definition) is 2. The van der Waals surface area contributed by atoms with Gasteiger partial charge in [0, 0.05) is 12.6 Å². The zero-order chi connectivity index (χ0) is 13.1. The molecule has 0 saturated heterocycles. The minimum absolute atomic E-state index is 0.159. The summed E-state index contributed by atoms with van der Waals surface area (Å²) in [5, 5.41) is 13.5. The number of hydrogen-bond donors (Lipinski definition) is 2. The lowest BCUT2D eigenvalue weighted by molar-refractivity contribution is 0.0383. The summed E-state index contributed by atoms with van der Waals surface area (Å²) >= 11 is 0. The quantitative estimate of drug-likeness (QED) is 0.747. The Balaban J connectivity index is 2.51. The molecule has 1 unspecified atom stereocenters. The van der Waals surface area contributed by atoms with Crippen LogP contribution in [0.4, 0.5) is 0 Å². The van der Waals surface area contributed by atoms with Crippen LogP contribution in [0.25, 0.3) is 0 Å². The molecule has 1 rings (SSSR count). The molecular weight excluding hydrogens is 210 g/mol. The standard InChI is InChI=1S/C15H31NO/c1-12(2)10-15(8-6-7-9-15)11-16-13(3)14(4,5)17/h12-13,16-17H,6-11H2,1-5H3. The van der Waals surface area contributed by atoms with E-state index in [0.717, 1.165) is 12.5 Å². The summed E-state index contributed by atoms with van der Waals surface area (Å²) in [6.07, 6.45) is 6.79. The van der Waals surface area contributed by atoms with Crippen molar-refractivity contribution in [2.75, 3.05) is 6.54 Å². The normalized spacial score (nSPS) is 22.1. The van der Waals surface area contributed by atoms with Crippen molar-refractivity contribution in [1.82, 2.24) is 5.32 Å². The number of aliphatic hydroxyl groups is 1. The van der Waals surface area contributed by atoms with E-state index in [0.29, 0.717) is 5.41 Å². The third-order valence-electron chi connectivity index (χ3n) is 4.35. The van der Waals surface area contributed by atoms with Crippen molar-refractivity contribution in [3.8, 4) is 0 Å². The maximum atomic E-state index is 9.96. The van der Waals surface area contributed by atoms with Crippen molar-refractivity contribution in [2.45, 2.75) is 78.4 Å². The Labute approximate surface area is 107 Å². The molecule has 0 aliphatic heterocycles. The highest BCUT2D eigenvalue weighted by atomic mass is 16.3. The van der Waals surface area contributed by atoms with E-state index in [-0.39, 0.29) is 6.04 Å². The molecule has 0 bridgehead atoms. The third kappa shape index (κ3) is 4.59. The zero-order valence-electron chi connectivity index (χ0n) is 12.3. The van der Waals surface area contributed by atoms with Gasteiger partial charge in [-0.2, -0.15) is 0 Å². The van der Waals surface area contributed by atoms with Crippen molar-refractivity contribution in [1.29, 1.82) is 0 Å². The van der Waals surface area contributed by atoms with Crippen LogP contribution in [0.5, 0.6) is 0 Å². The van der Waals surface area contributed by atoms with E-state index in [1.807, 2.05) is 13.8 Å². The molecule has 0 radical (unpaired) electrons. The lowest BCUT2D eigenvalue weighted by atomic mass is 9.78. The van der Waals surface area contributed by atoms with Crippen LogP contribution in [-0.2, 0) is 0 Å². The summed E-state index contributed by atoms with van der Waals surface area (Å²) < 4.78 is 0. The summed E-state index contributed by atoms with van der Waals surface area (Å²) in [5.41, 5.74) is -0.134. The van der Waals surface area contributed by atoms with Gasteiger partial charge in [0.25, 0.3) is 0 Å². The molecule has 1 aliphatic rings. The molecule has 0 aromatic heterocycles. The van der Waals surface area contributed by atoms with Crippen molar-refractivity contribution < 1.29 is 5.11 Å². The molecule has 1 aliphatic carbocycles.